The summed E-state index contributed by atoms with van der Waals surface area (Å²) in [6, 6.07) is 17.5. The third-order valence-corrected chi connectivity index (χ3v) is 5.69. The zero-order valence-electron chi connectivity index (χ0n) is 14.8. The van der Waals surface area contributed by atoms with Gasteiger partial charge < -0.3 is 9.64 Å². The fraction of sp³-hybridized carbons (Fsp3) is 0.364. The van der Waals surface area contributed by atoms with Gasteiger partial charge in [0.15, 0.2) is 5.72 Å². The first-order valence-corrected chi connectivity index (χ1v) is 8.88. The maximum atomic E-state index is 6.37. The Morgan fingerprint density at radius 3 is 2.58 bits per heavy atom. The molecule has 2 aromatic rings. The van der Waals surface area contributed by atoms with Crippen LogP contribution in [0.1, 0.15) is 37.5 Å². The number of hydrogen-bond acceptors (Lipinski definition) is 2. The average Bonchev–Trinajstić information content (AvgIpc) is 3.12. The van der Waals surface area contributed by atoms with Gasteiger partial charge in [0.05, 0.1) is 6.61 Å². The van der Waals surface area contributed by atoms with E-state index in [0.717, 1.165) is 19.6 Å². The number of para-hydroxylation sites is 1. The lowest BCUT2D eigenvalue weighted by molar-refractivity contribution is 0.000337. The minimum absolute atomic E-state index is 0.0834. The third kappa shape index (κ3) is 2.06. The van der Waals surface area contributed by atoms with Crippen LogP contribution in [0, 0.1) is 0 Å². The van der Waals surface area contributed by atoms with Crippen molar-refractivity contribution < 1.29 is 4.74 Å². The first-order chi connectivity index (χ1) is 11.6. The molecule has 0 N–H and O–H groups in total. The molecule has 2 heterocycles. The Morgan fingerprint density at radius 2 is 1.83 bits per heavy atom. The van der Waals surface area contributed by atoms with Crippen LogP contribution in [0.3, 0.4) is 0 Å². The summed E-state index contributed by atoms with van der Waals surface area (Å²) in [6.07, 6.45) is 5.56. The Balaban J connectivity index is 1.74. The van der Waals surface area contributed by atoms with Crippen LogP contribution >= 0.6 is 0 Å². The molecule has 0 radical (unpaired) electrons. The standard InChI is InChI=1S/C22H25NO/c1-4-17-9-11-18(12-10-17)13-14-22-21(2,3)19-7-5-6-8-20(19)23(22)15-16-24-22/h5-14H,4,15-16H2,1-3H3. The van der Waals surface area contributed by atoms with E-state index < -0.39 is 0 Å². The van der Waals surface area contributed by atoms with Gasteiger partial charge in [-0.05, 0) is 35.3 Å². The molecule has 0 spiro atoms. The Morgan fingerprint density at radius 1 is 1.08 bits per heavy atom. The molecule has 24 heavy (non-hydrogen) atoms. The van der Waals surface area contributed by atoms with E-state index in [1.807, 2.05) is 0 Å². The van der Waals surface area contributed by atoms with Crippen LogP contribution in [0.2, 0.25) is 0 Å². The molecule has 0 aromatic heterocycles. The fourth-order valence-electron chi connectivity index (χ4n) is 4.20. The van der Waals surface area contributed by atoms with Crippen molar-refractivity contribution in [1.29, 1.82) is 0 Å². The molecule has 0 amide bonds. The number of anilines is 1. The van der Waals surface area contributed by atoms with Gasteiger partial charge in [-0.1, -0.05) is 69.3 Å². The highest BCUT2D eigenvalue weighted by Crippen LogP contribution is 2.54. The lowest BCUT2D eigenvalue weighted by Crippen LogP contribution is -2.51. The van der Waals surface area contributed by atoms with Crippen LogP contribution in [-0.4, -0.2) is 18.9 Å². The second-order valence-electron chi connectivity index (χ2n) is 7.27. The molecule has 0 saturated carbocycles. The lowest BCUT2D eigenvalue weighted by atomic mass is 9.77. The number of aryl methyl sites for hydroxylation is 1. The van der Waals surface area contributed by atoms with Gasteiger partial charge in [-0.3, -0.25) is 0 Å². The van der Waals surface area contributed by atoms with E-state index in [1.54, 1.807) is 0 Å². The lowest BCUT2D eigenvalue weighted by Gasteiger charge is -2.39. The van der Waals surface area contributed by atoms with Crippen LogP contribution in [0.25, 0.3) is 6.08 Å². The van der Waals surface area contributed by atoms with Crippen molar-refractivity contribution in [3.63, 3.8) is 0 Å². The van der Waals surface area contributed by atoms with Crippen molar-refractivity contribution in [3.8, 4) is 0 Å². The van der Waals surface area contributed by atoms with Gasteiger partial charge in [0.1, 0.15) is 0 Å². The van der Waals surface area contributed by atoms with Crippen LogP contribution in [0.15, 0.2) is 54.6 Å². The highest BCUT2D eigenvalue weighted by Gasteiger charge is 2.58. The first-order valence-electron chi connectivity index (χ1n) is 8.88. The van der Waals surface area contributed by atoms with Gasteiger partial charge in [-0.25, -0.2) is 0 Å². The topological polar surface area (TPSA) is 12.5 Å². The van der Waals surface area contributed by atoms with Gasteiger partial charge in [0, 0.05) is 17.6 Å². The molecular weight excluding hydrogens is 294 g/mol. The molecule has 2 aliphatic heterocycles. The Labute approximate surface area is 144 Å². The second kappa shape index (κ2) is 5.49. The number of ether oxygens (including phenoxy) is 1. The average molecular weight is 319 g/mol. The smallest absolute Gasteiger partial charge is 0.170 e. The van der Waals surface area contributed by atoms with Gasteiger partial charge >= 0.3 is 0 Å². The monoisotopic (exact) mass is 319 g/mol. The minimum atomic E-state index is -0.389. The molecule has 2 aromatic carbocycles. The van der Waals surface area contributed by atoms with Crippen LogP contribution < -0.4 is 4.90 Å². The normalized spacial score (nSPS) is 24.4. The van der Waals surface area contributed by atoms with E-state index in [9.17, 15) is 0 Å². The van der Waals surface area contributed by atoms with Crippen LogP contribution in [-0.2, 0) is 16.6 Å². The second-order valence-corrected chi connectivity index (χ2v) is 7.27. The molecule has 1 saturated heterocycles. The quantitative estimate of drug-likeness (QED) is 0.807. The van der Waals surface area contributed by atoms with Crippen molar-refractivity contribution in [2.45, 2.75) is 38.3 Å². The molecule has 1 fully saturated rings. The predicted octanol–water partition coefficient (Wildman–Crippen LogP) is 4.79. The number of rotatable bonds is 3. The first kappa shape index (κ1) is 15.5. The predicted molar refractivity (Wildman–Crippen MR) is 100 cm³/mol. The molecule has 0 bridgehead atoms. The molecule has 1 atom stereocenters. The summed E-state index contributed by atoms with van der Waals surface area (Å²) in [5, 5.41) is 0. The van der Waals surface area contributed by atoms with E-state index >= 15 is 0 Å². The van der Waals surface area contributed by atoms with Crippen LogP contribution in [0.4, 0.5) is 5.69 Å². The highest BCUT2D eigenvalue weighted by atomic mass is 16.5. The van der Waals surface area contributed by atoms with Gasteiger partial charge in [-0.2, -0.15) is 0 Å². The molecule has 2 aliphatic rings. The van der Waals surface area contributed by atoms with Crippen molar-refractivity contribution in [2.24, 2.45) is 0 Å². The van der Waals surface area contributed by atoms with E-state index in [4.69, 9.17) is 4.74 Å². The Hall–Kier alpha value is -2.06. The van der Waals surface area contributed by atoms with E-state index in [0.29, 0.717) is 0 Å². The van der Waals surface area contributed by atoms with Gasteiger partial charge in [0.2, 0.25) is 0 Å². The number of nitrogens with zero attached hydrogens (tertiary/aromatic N) is 1. The third-order valence-electron chi connectivity index (χ3n) is 5.69. The van der Waals surface area contributed by atoms with Crippen molar-refractivity contribution >= 4 is 11.8 Å². The summed E-state index contributed by atoms with van der Waals surface area (Å²) < 4.78 is 6.37. The molecule has 1 unspecified atom stereocenters. The Kier molecular flexibility index (Phi) is 3.54. The maximum absolute atomic E-state index is 6.37. The number of fused-ring (bicyclic) bond motifs is 3. The maximum Gasteiger partial charge on any atom is 0.170 e. The Bertz CT molecular complexity index is 775. The minimum Gasteiger partial charge on any atom is -0.349 e. The van der Waals surface area contributed by atoms with E-state index in [-0.39, 0.29) is 11.1 Å². The van der Waals surface area contributed by atoms with Crippen molar-refractivity contribution in [2.75, 3.05) is 18.1 Å². The van der Waals surface area contributed by atoms with Crippen LogP contribution in [0.5, 0.6) is 0 Å². The zero-order chi connectivity index (χ0) is 16.8. The molecule has 4 rings (SSSR count). The summed E-state index contributed by atoms with van der Waals surface area (Å²) in [5.41, 5.74) is 4.81. The highest BCUT2D eigenvalue weighted by molar-refractivity contribution is 5.69. The van der Waals surface area contributed by atoms with Crippen molar-refractivity contribution in [3.05, 3.63) is 71.3 Å². The van der Waals surface area contributed by atoms with Gasteiger partial charge in [0.25, 0.3) is 0 Å². The SMILES string of the molecule is CCc1ccc(C=CC23OCCN2c2ccccc2C3(C)C)cc1. The summed E-state index contributed by atoms with van der Waals surface area (Å²) in [7, 11) is 0. The molecular formula is C22H25NO. The summed E-state index contributed by atoms with van der Waals surface area (Å²) in [6.45, 7) is 8.49. The summed E-state index contributed by atoms with van der Waals surface area (Å²) >= 11 is 0. The van der Waals surface area contributed by atoms with Crippen molar-refractivity contribution in [1.82, 2.24) is 0 Å². The molecule has 124 valence electrons. The molecule has 2 heteroatoms. The molecule has 0 aliphatic carbocycles. The van der Waals surface area contributed by atoms with E-state index in [1.165, 1.54) is 22.4 Å². The fourth-order valence-corrected chi connectivity index (χ4v) is 4.20. The zero-order valence-corrected chi connectivity index (χ0v) is 14.8. The van der Waals surface area contributed by atoms with E-state index in [2.05, 4.69) is 86.4 Å². The summed E-state index contributed by atoms with van der Waals surface area (Å²) in [5.74, 6) is 0. The molecule has 2 nitrogen and oxygen atoms in total. The number of benzene rings is 2. The largest absolute Gasteiger partial charge is 0.349 e. The summed E-state index contributed by atoms with van der Waals surface area (Å²) in [4.78, 5) is 2.43. The van der Waals surface area contributed by atoms with Gasteiger partial charge in [-0.15, -0.1) is 0 Å². The number of hydrogen-bond donors (Lipinski definition) is 0.